The molecular weight excluding hydrogens is 331 g/mol. The van der Waals surface area contributed by atoms with E-state index in [1.54, 1.807) is 13.3 Å². The molecular formula is C20H19FN4O. The van der Waals surface area contributed by atoms with E-state index >= 15 is 0 Å². The summed E-state index contributed by atoms with van der Waals surface area (Å²) < 4.78 is 18.5. The van der Waals surface area contributed by atoms with Gasteiger partial charge in [0.2, 0.25) is 5.88 Å². The van der Waals surface area contributed by atoms with Crippen molar-refractivity contribution in [3.8, 4) is 17.1 Å². The number of pyridine rings is 1. The fourth-order valence-electron chi connectivity index (χ4n) is 3.32. The maximum atomic E-state index is 13.2. The minimum absolute atomic E-state index is 0.199. The molecule has 3 aromatic rings. The smallest absolute Gasteiger partial charge is 0.222 e. The Morgan fingerprint density at radius 2 is 1.85 bits per heavy atom. The van der Waals surface area contributed by atoms with Crippen LogP contribution in [0.15, 0.2) is 54.7 Å². The highest BCUT2D eigenvalue weighted by Crippen LogP contribution is 2.43. The van der Waals surface area contributed by atoms with E-state index in [9.17, 15) is 4.39 Å². The number of nitrogens with zero attached hydrogens (tertiary/aromatic N) is 3. The summed E-state index contributed by atoms with van der Waals surface area (Å²) in [5, 5.41) is 12.1. The second kappa shape index (κ2) is 6.71. The molecule has 2 heterocycles. The Balaban J connectivity index is 1.58. The van der Waals surface area contributed by atoms with Crippen LogP contribution in [-0.2, 0) is 5.54 Å². The lowest BCUT2D eigenvalue weighted by molar-refractivity contribution is 0.283. The summed E-state index contributed by atoms with van der Waals surface area (Å²) in [5.41, 5.74) is 2.37. The molecule has 5 nitrogen and oxygen atoms in total. The van der Waals surface area contributed by atoms with Crippen molar-refractivity contribution in [2.75, 3.05) is 12.4 Å². The van der Waals surface area contributed by atoms with Gasteiger partial charge in [0.05, 0.1) is 23.9 Å². The number of hydrogen-bond donors (Lipinski definition) is 1. The summed E-state index contributed by atoms with van der Waals surface area (Å²) in [5.74, 6) is 0.989. The summed E-state index contributed by atoms with van der Waals surface area (Å²) in [6, 6.07) is 14.2. The van der Waals surface area contributed by atoms with Gasteiger partial charge >= 0.3 is 0 Å². The monoisotopic (exact) mass is 350 g/mol. The van der Waals surface area contributed by atoms with Crippen LogP contribution in [0.3, 0.4) is 0 Å². The van der Waals surface area contributed by atoms with E-state index in [-0.39, 0.29) is 11.4 Å². The molecule has 0 saturated heterocycles. The molecule has 0 amide bonds. The fraction of sp³-hybridized carbons (Fsp3) is 0.250. The van der Waals surface area contributed by atoms with Gasteiger partial charge in [-0.05, 0) is 61.2 Å². The lowest BCUT2D eigenvalue weighted by Gasteiger charge is -2.43. The fourth-order valence-corrected chi connectivity index (χ4v) is 3.32. The topological polar surface area (TPSA) is 59.9 Å². The zero-order chi connectivity index (χ0) is 18.0. The highest BCUT2D eigenvalue weighted by Gasteiger charge is 2.39. The van der Waals surface area contributed by atoms with Crippen LogP contribution in [-0.4, -0.2) is 22.3 Å². The normalized spacial score (nSPS) is 15.2. The van der Waals surface area contributed by atoms with Crippen LogP contribution < -0.4 is 10.1 Å². The lowest BCUT2D eigenvalue weighted by Crippen LogP contribution is -2.42. The Morgan fingerprint density at radius 3 is 2.46 bits per heavy atom. The van der Waals surface area contributed by atoms with Gasteiger partial charge < -0.3 is 10.1 Å². The van der Waals surface area contributed by atoms with Crippen molar-refractivity contribution in [1.29, 1.82) is 0 Å². The van der Waals surface area contributed by atoms with Crippen molar-refractivity contribution in [2.45, 2.75) is 24.8 Å². The largest absolute Gasteiger partial charge is 0.481 e. The molecule has 1 N–H and O–H groups in total. The summed E-state index contributed by atoms with van der Waals surface area (Å²) in [7, 11) is 1.58. The average molecular weight is 350 g/mol. The van der Waals surface area contributed by atoms with Gasteiger partial charge in [0.15, 0.2) is 0 Å². The van der Waals surface area contributed by atoms with Crippen molar-refractivity contribution < 1.29 is 9.13 Å². The zero-order valence-electron chi connectivity index (χ0n) is 14.4. The third-order valence-electron chi connectivity index (χ3n) is 4.88. The second-order valence-corrected chi connectivity index (χ2v) is 6.43. The number of halogens is 1. The number of methoxy groups -OCH3 is 1. The van der Waals surface area contributed by atoms with Gasteiger partial charge in [-0.1, -0.05) is 12.1 Å². The predicted molar refractivity (Wildman–Crippen MR) is 97.4 cm³/mol. The van der Waals surface area contributed by atoms with Crippen molar-refractivity contribution >= 4 is 5.82 Å². The summed E-state index contributed by atoms with van der Waals surface area (Å²) in [4.78, 5) is 4.19. The molecule has 0 bridgehead atoms. The molecule has 1 aliphatic carbocycles. The summed E-state index contributed by atoms with van der Waals surface area (Å²) in [6.45, 7) is 0. The SMILES string of the molecule is COc1ncccc1-c1ccc(NC2(c3ccc(F)cc3)CCC2)nn1. The van der Waals surface area contributed by atoms with Crippen LogP contribution in [0.5, 0.6) is 5.88 Å². The van der Waals surface area contributed by atoms with E-state index in [1.165, 1.54) is 12.1 Å². The molecule has 1 aliphatic rings. The quantitative estimate of drug-likeness (QED) is 0.748. The van der Waals surface area contributed by atoms with Crippen molar-refractivity contribution in [2.24, 2.45) is 0 Å². The van der Waals surface area contributed by atoms with Gasteiger partial charge in [0.1, 0.15) is 11.6 Å². The minimum atomic E-state index is -0.224. The first kappa shape index (κ1) is 16.4. The van der Waals surface area contributed by atoms with Gasteiger partial charge in [-0.2, -0.15) is 0 Å². The number of benzene rings is 1. The number of anilines is 1. The standard InChI is InChI=1S/C20H19FN4O/c1-26-19-16(4-2-13-22-19)17-9-10-18(25-24-17)23-20(11-3-12-20)14-5-7-15(21)8-6-14/h2,4-10,13H,3,11-12H2,1H3,(H,23,25). The minimum Gasteiger partial charge on any atom is -0.481 e. The van der Waals surface area contributed by atoms with Crippen LogP contribution >= 0.6 is 0 Å². The Bertz CT molecular complexity index is 892. The van der Waals surface area contributed by atoms with Gasteiger partial charge in [0, 0.05) is 6.20 Å². The molecule has 26 heavy (non-hydrogen) atoms. The molecule has 1 fully saturated rings. The maximum absolute atomic E-state index is 13.2. The van der Waals surface area contributed by atoms with E-state index < -0.39 is 0 Å². The first-order valence-electron chi connectivity index (χ1n) is 8.57. The van der Waals surface area contributed by atoms with Crippen LogP contribution in [0, 0.1) is 5.82 Å². The van der Waals surface area contributed by atoms with E-state index in [0.717, 1.165) is 30.4 Å². The Hall–Kier alpha value is -3.02. The maximum Gasteiger partial charge on any atom is 0.222 e. The first-order chi connectivity index (χ1) is 12.7. The molecule has 0 radical (unpaired) electrons. The Kier molecular flexibility index (Phi) is 4.24. The molecule has 0 spiro atoms. The molecule has 1 aromatic carbocycles. The molecule has 0 unspecified atom stereocenters. The molecule has 0 aliphatic heterocycles. The zero-order valence-corrected chi connectivity index (χ0v) is 14.4. The predicted octanol–water partition coefficient (Wildman–Crippen LogP) is 4.18. The summed E-state index contributed by atoms with van der Waals surface area (Å²) in [6.07, 6.45) is 4.77. The van der Waals surface area contributed by atoms with Crippen LogP contribution in [0.2, 0.25) is 0 Å². The van der Waals surface area contributed by atoms with Gasteiger partial charge in [-0.3, -0.25) is 0 Å². The highest BCUT2D eigenvalue weighted by atomic mass is 19.1. The average Bonchev–Trinajstić information content (AvgIpc) is 2.66. The Labute approximate surface area is 151 Å². The van der Waals surface area contributed by atoms with E-state index in [1.807, 2.05) is 36.4 Å². The molecule has 1 saturated carbocycles. The van der Waals surface area contributed by atoms with Gasteiger partial charge in [-0.25, -0.2) is 9.37 Å². The van der Waals surface area contributed by atoms with Gasteiger partial charge in [0.25, 0.3) is 0 Å². The number of rotatable bonds is 5. The van der Waals surface area contributed by atoms with Crippen LogP contribution in [0.25, 0.3) is 11.3 Å². The second-order valence-electron chi connectivity index (χ2n) is 6.43. The summed E-state index contributed by atoms with van der Waals surface area (Å²) >= 11 is 0. The van der Waals surface area contributed by atoms with Crippen molar-refractivity contribution in [3.63, 3.8) is 0 Å². The van der Waals surface area contributed by atoms with Crippen molar-refractivity contribution in [1.82, 2.24) is 15.2 Å². The third kappa shape index (κ3) is 2.98. The number of hydrogen-bond acceptors (Lipinski definition) is 5. The van der Waals surface area contributed by atoms with E-state index in [2.05, 4.69) is 20.5 Å². The van der Waals surface area contributed by atoms with Crippen LogP contribution in [0.4, 0.5) is 10.2 Å². The molecule has 6 heteroatoms. The number of ether oxygens (including phenoxy) is 1. The molecule has 0 atom stereocenters. The first-order valence-corrected chi connectivity index (χ1v) is 8.57. The highest BCUT2D eigenvalue weighted by molar-refractivity contribution is 5.65. The van der Waals surface area contributed by atoms with Crippen LogP contribution in [0.1, 0.15) is 24.8 Å². The third-order valence-corrected chi connectivity index (χ3v) is 4.88. The molecule has 4 rings (SSSR count). The lowest BCUT2D eigenvalue weighted by atomic mass is 9.72. The van der Waals surface area contributed by atoms with Gasteiger partial charge in [-0.15, -0.1) is 10.2 Å². The molecule has 2 aromatic heterocycles. The molecule has 132 valence electrons. The number of nitrogens with one attached hydrogen (secondary N) is 1. The van der Waals surface area contributed by atoms with E-state index in [0.29, 0.717) is 17.4 Å². The Morgan fingerprint density at radius 1 is 1.04 bits per heavy atom. The van der Waals surface area contributed by atoms with Crippen molar-refractivity contribution in [3.05, 3.63) is 66.1 Å². The number of aromatic nitrogens is 3. The van der Waals surface area contributed by atoms with E-state index in [4.69, 9.17) is 4.74 Å².